The van der Waals surface area contributed by atoms with Crippen molar-refractivity contribution in [1.82, 2.24) is 24.7 Å². The molecule has 4 heterocycles. The molecule has 0 aliphatic rings. The van der Waals surface area contributed by atoms with Gasteiger partial charge in [-0.05, 0) is 62.4 Å². The number of halogens is 1. The number of rotatable bonds is 17. The normalized spacial score (nSPS) is 12.2. The zero-order valence-corrected chi connectivity index (χ0v) is 36.3. The van der Waals surface area contributed by atoms with Gasteiger partial charge in [0.15, 0.2) is 40.7 Å². The number of amides is 2. The predicted molar refractivity (Wildman–Crippen MR) is 227 cm³/mol. The molecule has 0 bridgehead atoms. The van der Waals surface area contributed by atoms with Crippen LogP contribution < -0.4 is 29.6 Å². The average Bonchev–Trinajstić information content (AvgIpc) is 3.91. The molecule has 328 valence electrons. The number of benzene rings is 2. The van der Waals surface area contributed by atoms with Crippen LogP contribution in [0.2, 0.25) is 0 Å². The number of nitrogens with zero attached hydrogens (tertiary/aromatic N) is 5. The lowest BCUT2D eigenvalue weighted by Gasteiger charge is -2.15. The minimum atomic E-state index is -3.44. The number of aliphatic hydroxyl groups excluding tert-OH is 1. The Labute approximate surface area is 360 Å². The van der Waals surface area contributed by atoms with Crippen LogP contribution in [0.25, 0.3) is 0 Å². The smallest absolute Gasteiger partial charge is 0.257 e. The Bertz CT molecular complexity index is 2680. The molecule has 6 rings (SSSR count). The molecule has 22 heteroatoms. The number of hydrogen-bond acceptors (Lipinski definition) is 16. The van der Waals surface area contributed by atoms with Crippen molar-refractivity contribution in [1.29, 1.82) is 0 Å². The molecular formula is C40H42FN7O11S3. The second-order valence-corrected chi connectivity index (χ2v) is 18.3. The van der Waals surface area contributed by atoms with Gasteiger partial charge in [-0.1, -0.05) is 6.92 Å². The van der Waals surface area contributed by atoms with Gasteiger partial charge in [0.05, 0.1) is 24.8 Å². The molecule has 2 atom stereocenters. The summed E-state index contributed by atoms with van der Waals surface area (Å²) in [6.07, 6.45) is 5.63. The summed E-state index contributed by atoms with van der Waals surface area (Å²) >= 11 is 1.28. The van der Waals surface area contributed by atoms with Gasteiger partial charge in [-0.2, -0.15) is 5.10 Å². The molecule has 0 saturated heterocycles. The second-order valence-electron chi connectivity index (χ2n) is 13.2. The molecule has 0 radical (unpaired) electrons. The maximum Gasteiger partial charge on any atom is 0.257 e. The van der Waals surface area contributed by atoms with E-state index < -0.39 is 50.4 Å². The van der Waals surface area contributed by atoms with E-state index >= 15 is 0 Å². The highest BCUT2D eigenvalue weighted by molar-refractivity contribution is 7.91. The maximum atomic E-state index is 12.9. The van der Waals surface area contributed by atoms with Crippen molar-refractivity contribution < 1.29 is 54.9 Å². The Morgan fingerprint density at radius 1 is 0.774 bits per heavy atom. The molecule has 18 nitrogen and oxygen atoms in total. The first-order chi connectivity index (χ1) is 29.4. The van der Waals surface area contributed by atoms with Gasteiger partial charge >= 0.3 is 0 Å². The van der Waals surface area contributed by atoms with E-state index in [0.717, 1.165) is 6.26 Å². The van der Waals surface area contributed by atoms with Crippen molar-refractivity contribution in [2.45, 2.75) is 43.0 Å². The third-order valence-electron chi connectivity index (χ3n) is 8.01. The zero-order valence-electron chi connectivity index (χ0n) is 33.9. The number of anilines is 2. The van der Waals surface area contributed by atoms with Gasteiger partial charge in [0.25, 0.3) is 11.8 Å². The minimum Gasteiger partial charge on any atom is -0.488 e. The van der Waals surface area contributed by atoms with Gasteiger partial charge in [0.2, 0.25) is 0 Å². The Balaban J connectivity index is 0.000000234. The second kappa shape index (κ2) is 20.9. The number of hydrogen-bond donors (Lipinski definition) is 3. The Kier molecular flexibility index (Phi) is 15.7. The predicted octanol–water partition coefficient (Wildman–Crippen LogP) is 6.14. The lowest BCUT2D eigenvalue weighted by Crippen LogP contribution is -2.17. The summed E-state index contributed by atoms with van der Waals surface area (Å²) in [5.41, 5.74) is 0.455. The van der Waals surface area contributed by atoms with Crippen molar-refractivity contribution >= 4 is 53.8 Å². The number of carbonyl (C=O) groups is 2. The monoisotopic (exact) mass is 911 g/mol. The molecule has 0 fully saturated rings. The highest BCUT2D eigenvalue weighted by atomic mass is 32.2. The molecule has 2 unspecified atom stereocenters. The average molecular weight is 912 g/mol. The standard InChI is InChI=1S/C20H21FN4O5S.C20H21N3O6S2/c1-13(11-21)29-16-8-14(20(26)23-18-6-7-25(2)24-18)9-17(10-16)30-15-4-5-19(22-12-15)31(3,27)28;1-3-31(26,27)18-5-4-15(11-22-18)29-17-9-14(8-16(10-17)28-13(2)12-24)19(25)23-20-21-6-7-30-20/h4-10,12-13H,11H2,1-3H3,(H,23,24,26);4-11,13,24H,3,12H2,1-2H3,(H,21,23,25). The molecule has 0 spiro atoms. The summed E-state index contributed by atoms with van der Waals surface area (Å²) in [6.45, 7) is 3.85. The van der Waals surface area contributed by atoms with Gasteiger partial charge in [-0.25, -0.2) is 36.2 Å². The molecule has 0 saturated carbocycles. The number of carbonyl (C=O) groups excluding carboxylic acids is 2. The lowest BCUT2D eigenvalue weighted by atomic mass is 10.2. The van der Waals surface area contributed by atoms with Gasteiger partial charge in [0.1, 0.15) is 53.4 Å². The molecule has 6 aromatic rings. The van der Waals surface area contributed by atoms with Gasteiger partial charge in [-0.3, -0.25) is 19.6 Å². The van der Waals surface area contributed by atoms with E-state index in [0.29, 0.717) is 16.7 Å². The highest BCUT2D eigenvalue weighted by Gasteiger charge is 2.18. The lowest BCUT2D eigenvalue weighted by molar-refractivity contribution is 0.101. The summed E-state index contributed by atoms with van der Waals surface area (Å²) < 4.78 is 84.0. The molecule has 3 N–H and O–H groups in total. The van der Waals surface area contributed by atoms with Crippen LogP contribution in [0.5, 0.6) is 34.5 Å². The van der Waals surface area contributed by atoms with E-state index in [-0.39, 0.29) is 62.3 Å². The fraction of sp³-hybridized carbons (Fsp3) is 0.250. The largest absolute Gasteiger partial charge is 0.488 e. The van der Waals surface area contributed by atoms with Crippen molar-refractivity contribution in [3.63, 3.8) is 0 Å². The number of aliphatic hydroxyl groups is 1. The van der Waals surface area contributed by atoms with Crippen molar-refractivity contribution in [3.05, 3.63) is 108 Å². The van der Waals surface area contributed by atoms with Crippen molar-refractivity contribution in [2.24, 2.45) is 7.05 Å². The van der Waals surface area contributed by atoms with Crippen LogP contribution in [0, 0.1) is 0 Å². The zero-order chi connectivity index (χ0) is 45.0. The SMILES string of the molecule is CC(CF)Oc1cc(Oc2ccc(S(C)(=O)=O)nc2)cc(C(=O)Nc2ccn(C)n2)c1.CCS(=O)(=O)c1ccc(Oc2cc(OC(C)CO)cc(C(=O)Nc3nccs3)c2)cn1. The van der Waals surface area contributed by atoms with E-state index in [1.54, 1.807) is 62.4 Å². The molecule has 4 aromatic heterocycles. The van der Waals surface area contributed by atoms with E-state index in [1.165, 1.54) is 78.3 Å². The Hall–Kier alpha value is -6.49. The van der Waals surface area contributed by atoms with E-state index in [1.807, 2.05) is 0 Å². The first-order valence-corrected chi connectivity index (χ1v) is 22.9. The van der Waals surface area contributed by atoms with Crippen LogP contribution in [0.3, 0.4) is 0 Å². The van der Waals surface area contributed by atoms with Crippen LogP contribution >= 0.6 is 11.3 Å². The summed E-state index contributed by atoms with van der Waals surface area (Å²) in [5, 5.41) is 20.7. The number of ether oxygens (including phenoxy) is 4. The van der Waals surface area contributed by atoms with Gasteiger partial charge in [-0.15, -0.1) is 11.3 Å². The summed E-state index contributed by atoms with van der Waals surface area (Å²) in [5.74, 6) is 1.02. The van der Waals surface area contributed by atoms with Crippen LogP contribution in [0.15, 0.2) is 107 Å². The van der Waals surface area contributed by atoms with E-state index in [2.05, 4.69) is 30.7 Å². The first kappa shape index (κ1) is 46.6. The molecule has 0 aliphatic heterocycles. The van der Waals surface area contributed by atoms with Crippen molar-refractivity contribution in [3.8, 4) is 34.5 Å². The topological polar surface area (TPSA) is 240 Å². The fourth-order valence-corrected chi connectivity index (χ4v) is 6.86. The van der Waals surface area contributed by atoms with Crippen molar-refractivity contribution in [2.75, 3.05) is 35.9 Å². The number of sulfone groups is 2. The quantitative estimate of drug-likeness (QED) is 0.0932. The van der Waals surface area contributed by atoms with Gasteiger partial charge in [0, 0.05) is 60.4 Å². The van der Waals surface area contributed by atoms with Crippen LogP contribution in [-0.2, 0) is 26.7 Å². The summed E-state index contributed by atoms with van der Waals surface area (Å²) in [6, 6.07) is 16.2. The highest BCUT2D eigenvalue weighted by Crippen LogP contribution is 2.31. The summed E-state index contributed by atoms with van der Waals surface area (Å²) in [4.78, 5) is 37.1. The van der Waals surface area contributed by atoms with Crippen LogP contribution in [-0.4, -0.2) is 96.0 Å². The molecule has 2 aromatic carbocycles. The molecule has 0 aliphatic carbocycles. The third-order valence-corrected chi connectivity index (χ3v) is 11.3. The van der Waals surface area contributed by atoms with Crippen LogP contribution in [0.1, 0.15) is 41.5 Å². The summed E-state index contributed by atoms with van der Waals surface area (Å²) in [7, 11) is -5.15. The Morgan fingerprint density at radius 3 is 1.77 bits per heavy atom. The first-order valence-electron chi connectivity index (χ1n) is 18.5. The fourth-order valence-electron chi connectivity index (χ4n) is 5.00. The number of aryl methyl sites for hydroxylation is 1. The minimum absolute atomic E-state index is 0.0419. The van der Waals surface area contributed by atoms with Crippen LogP contribution in [0.4, 0.5) is 15.3 Å². The number of thiazole rings is 1. The number of alkyl halides is 1. The van der Waals surface area contributed by atoms with Gasteiger partial charge < -0.3 is 29.4 Å². The number of pyridine rings is 2. The van der Waals surface area contributed by atoms with E-state index in [9.17, 15) is 35.9 Å². The number of aromatic nitrogens is 5. The molecular weight excluding hydrogens is 870 g/mol. The third kappa shape index (κ3) is 13.5. The van der Waals surface area contributed by atoms with E-state index in [4.69, 9.17) is 18.9 Å². The number of nitrogens with one attached hydrogen (secondary N) is 2. The molecule has 2 amide bonds. The Morgan fingerprint density at radius 2 is 1.32 bits per heavy atom. The maximum absolute atomic E-state index is 12.9. The molecule has 62 heavy (non-hydrogen) atoms.